The predicted molar refractivity (Wildman–Crippen MR) is 123 cm³/mol. The number of carbonyl (C=O) groups is 1. The van der Waals surface area contributed by atoms with Crippen LogP contribution in [0.25, 0.3) is 11.4 Å². The highest BCUT2D eigenvalue weighted by Crippen LogP contribution is 2.31. The predicted octanol–water partition coefficient (Wildman–Crippen LogP) is 4.59. The highest BCUT2D eigenvalue weighted by Gasteiger charge is 2.16. The van der Waals surface area contributed by atoms with Crippen LogP contribution < -0.4 is 14.8 Å². The Kier molecular flexibility index (Phi) is 7.12. The van der Waals surface area contributed by atoms with Gasteiger partial charge in [-0.25, -0.2) is 0 Å². The number of rotatable bonds is 8. The Bertz CT molecular complexity index is 1120. The lowest BCUT2D eigenvalue weighted by Crippen LogP contribution is -2.30. The number of hydrogen-bond acceptors (Lipinski definition) is 5. The highest BCUT2D eigenvalue weighted by molar-refractivity contribution is 7.71. The Balaban J connectivity index is 1.75. The molecule has 164 valence electrons. The van der Waals surface area contributed by atoms with Gasteiger partial charge in [-0.05, 0) is 63.7 Å². The summed E-state index contributed by atoms with van der Waals surface area (Å²) in [6.45, 7) is 7.92. The van der Waals surface area contributed by atoms with Crippen LogP contribution in [0.1, 0.15) is 37.9 Å². The molecule has 1 atom stereocenters. The van der Waals surface area contributed by atoms with Gasteiger partial charge in [-0.3, -0.25) is 14.5 Å². The SMILES string of the molecule is COc1cc(C(C)NC(=O)Cn2c(-c3cccc(C)c3)n[nH]c2=S)ccc1OC(C)C. The van der Waals surface area contributed by atoms with E-state index in [2.05, 4.69) is 15.5 Å². The maximum atomic E-state index is 12.8. The molecule has 8 heteroatoms. The molecule has 0 saturated carbocycles. The van der Waals surface area contributed by atoms with Gasteiger partial charge in [-0.1, -0.05) is 29.8 Å². The van der Waals surface area contributed by atoms with Crippen molar-refractivity contribution < 1.29 is 14.3 Å². The van der Waals surface area contributed by atoms with Crippen molar-refractivity contribution in [2.24, 2.45) is 0 Å². The fourth-order valence-corrected chi connectivity index (χ4v) is 3.48. The number of ether oxygens (including phenoxy) is 2. The van der Waals surface area contributed by atoms with E-state index in [1.165, 1.54) is 0 Å². The van der Waals surface area contributed by atoms with Gasteiger partial charge in [0.05, 0.1) is 19.3 Å². The number of carbonyl (C=O) groups excluding carboxylic acids is 1. The summed E-state index contributed by atoms with van der Waals surface area (Å²) >= 11 is 5.35. The second kappa shape index (κ2) is 9.78. The van der Waals surface area contributed by atoms with E-state index in [1.54, 1.807) is 11.7 Å². The first-order chi connectivity index (χ1) is 14.8. The Labute approximate surface area is 187 Å². The molecule has 0 fully saturated rings. The summed E-state index contributed by atoms with van der Waals surface area (Å²) in [4.78, 5) is 12.8. The molecular weight excluding hydrogens is 412 g/mol. The molecular formula is C23H28N4O3S. The number of nitrogens with one attached hydrogen (secondary N) is 2. The van der Waals surface area contributed by atoms with Gasteiger partial charge in [0.2, 0.25) is 5.91 Å². The van der Waals surface area contributed by atoms with Gasteiger partial charge in [0.1, 0.15) is 6.54 Å². The zero-order valence-electron chi connectivity index (χ0n) is 18.4. The summed E-state index contributed by atoms with van der Waals surface area (Å²) in [7, 11) is 1.60. The quantitative estimate of drug-likeness (QED) is 0.501. The monoisotopic (exact) mass is 440 g/mol. The van der Waals surface area contributed by atoms with Crippen molar-refractivity contribution in [1.29, 1.82) is 0 Å². The number of H-pyrrole nitrogens is 1. The molecule has 0 bridgehead atoms. The van der Waals surface area contributed by atoms with E-state index < -0.39 is 0 Å². The van der Waals surface area contributed by atoms with Crippen molar-refractivity contribution in [3.63, 3.8) is 0 Å². The molecule has 0 radical (unpaired) electrons. The van der Waals surface area contributed by atoms with Crippen molar-refractivity contribution in [2.75, 3.05) is 7.11 Å². The number of nitrogens with zero attached hydrogens (tertiary/aromatic N) is 2. The first-order valence-electron chi connectivity index (χ1n) is 10.1. The average molecular weight is 441 g/mol. The summed E-state index contributed by atoms with van der Waals surface area (Å²) in [6, 6.07) is 13.4. The molecule has 2 N–H and O–H groups in total. The van der Waals surface area contributed by atoms with Crippen molar-refractivity contribution in [2.45, 2.75) is 46.4 Å². The van der Waals surface area contributed by atoms with E-state index in [4.69, 9.17) is 21.7 Å². The van der Waals surface area contributed by atoms with E-state index in [0.29, 0.717) is 22.1 Å². The van der Waals surface area contributed by atoms with Crippen LogP contribution in [0.15, 0.2) is 42.5 Å². The molecule has 0 aliphatic carbocycles. The Morgan fingerprint density at radius 1 is 1.19 bits per heavy atom. The molecule has 1 heterocycles. The van der Waals surface area contributed by atoms with Crippen LogP contribution in [0.3, 0.4) is 0 Å². The van der Waals surface area contributed by atoms with Gasteiger partial charge in [0.15, 0.2) is 22.1 Å². The summed E-state index contributed by atoms with van der Waals surface area (Å²) in [6.07, 6.45) is 0.0408. The van der Waals surface area contributed by atoms with Crippen LogP contribution in [0.2, 0.25) is 0 Å². The first kappa shape index (κ1) is 22.6. The summed E-state index contributed by atoms with van der Waals surface area (Å²) in [5, 5.41) is 10.1. The van der Waals surface area contributed by atoms with Crippen LogP contribution in [0.4, 0.5) is 0 Å². The minimum atomic E-state index is -0.224. The van der Waals surface area contributed by atoms with E-state index in [0.717, 1.165) is 16.7 Å². The molecule has 0 aliphatic rings. The summed E-state index contributed by atoms with van der Waals surface area (Å²) < 4.78 is 13.3. The Hall–Kier alpha value is -3.13. The molecule has 0 saturated heterocycles. The van der Waals surface area contributed by atoms with Crippen molar-refractivity contribution >= 4 is 18.1 Å². The molecule has 1 amide bonds. The van der Waals surface area contributed by atoms with Crippen LogP contribution >= 0.6 is 12.2 Å². The zero-order valence-corrected chi connectivity index (χ0v) is 19.2. The largest absolute Gasteiger partial charge is 0.493 e. The minimum absolute atomic E-state index is 0.0408. The lowest BCUT2D eigenvalue weighted by atomic mass is 10.1. The number of hydrogen-bond donors (Lipinski definition) is 2. The van der Waals surface area contributed by atoms with Gasteiger partial charge in [-0.15, -0.1) is 0 Å². The second-order valence-electron chi connectivity index (χ2n) is 7.67. The standard InChI is InChI=1S/C23H28N4O3S/c1-14(2)30-19-10-9-17(12-20(19)29-5)16(4)24-21(28)13-27-22(25-26-23(27)31)18-8-6-7-15(3)11-18/h6-12,14,16H,13H2,1-5H3,(H,24,28)(H,26,31). The van der Waals surface area contributed by atoms with Crippen LogP contribution in [-0.4, -0.2) is 33.9 Å². The van der Waals surface area contributed by atoms with Crippen LogP contribution in [-0.2, 0) is 11.3 Å². The summed E-state index contributed by atoms with van der Waals surface area (Å²) in [5.74, 6) is 1.77. The van der Waals surface area contributed by atoms with Gasteiger partial charge >= 0.3 is 0 Å². The van der Waals surface area contributed by atoms with Gasteiger partial charge in [0, 0.05) is 5.56 Å². The highest BCUT2D eigenvalue weighted by atomic mass is 32.1. The maximum Gasteiger partial charge on any atom is 0.240 e. The third-order valence-electron chi connectivity index (χ3n) is 4.76. The normalized spacial score (nSPS) is 11.9. The van der Waals surface area contributed by atoms with E-state index in [9.17, 15) is 4.79 Å². The number of aromatic amines is 1. The van der Waals surface area contributed by atoms with Gasteiger partial charge < -0.3 is 14.8 Å². The molecule has 0 spiro atoms. The first-order valence-corrected chi connectivity index (χ1v) is 10.6. The van der Waals surface area contributed by atoms with Crippen molar-refractivity contribution in [1.82, 2.24) is 20.1 Å². The fourth-order valence-electron chi connectivity index (χ4n) is 3.29. The van der Waals surface area contributed by atoms with Crippen LogP contribution in [0, 0.1) is 11.7 Å². The molecule has 0 aliphatic heterocycles. The third kappa shape index (κ3) is 5.52. The second-order valence-corrected chi connectivity index (χ2v) is 8.06. The number of amides is 1. The van der Waals surface area contributed by atoms with Crippen LogP contribution in [0.5, 0.6) is 11.5 Å². The van der Waals surface area contributed by atoms with Crippen molar-refractivity contribution in [3.8, 4) is 22.9 Å². The van der Waals surface area contributed by atoms with Gasteiger partial charge in [-0.2, -0.15) is 5.10 Å². The summed E-state index contributed by atoms with van der Waals surface area (Å²) in [5.41, 5.74) is 2.92. The average Bonchev–Trinajstić information content (AvgIpc) is 3.08. The number of benzene rings is 2. The molecule has 1 aromatic heterocycles. The minimum Gasteiger partial charge on any atom is -0.493 e. The lowest BCUT2D eigenvalue weighted by molar-refractivity contribution is -0.122. The lowest BCUT2D eigenvalue weighted by Gasteiger charge is -2.18. The van der Waals surface area contributed by atoms with Gasteiger partial charge in [0.25, 0.3) is 0 Å². The number of aryl methyl sites for hydroxylation is 1. The molecule has 7 nitrogen and oxygen atoms in total. The smallest absolute Gasteiger partial charge is 0.240 e. The Morgan fingerprint density at radius 2 is 1.97 bits per heavy atom. The van der Waals surface area contributed by atoms with Crippen molar-refractivity contribution in [3.05, 3.63) is 58.4 Å². The zero-order chi connectivity index (χ0) is 22.5. The topological polar surface area (TPSA) is 81.2 Å². The fraction of sp³-hybridized carbons (Fsp3) is 0.348. The maximum absolute atomic E-state index is 12.8. The number of aromatic nitrogens is 3. The number of methoxy groups -OCH3 is 1. The third-order valence-corrected chi connectivity index (χ3v) is 5.08. The van der Waals surface area contributed by atoms with E-state index >= 15 is 0 Å². The molecule has 31 heavy (non-hydrogen) atoms. The van der Waals surface area contributed by atoms with E-state index in [-0.39, 0.29) is 24.6 Å². The molecule has 3 aromatic rings. The van der Waals surface area contributed by atoms with E-state index in [1.807, 2.05) is 70.2 Å². The molecule has 1 unspecified atom stereocenters. The molecule has 3 rings (SSSR count). The molecule has 2 aromatic carbocycles. The Morgan fingerprint density at radius 3 is 2.65 bits per heavy atom.